The quantitative estimate of drug-likeness (QED) is 0.711. The minimum absolute atomic E-state index is 0.682. The lowest BCUT2D eigenvalue weighted by Gasteiger charge is -1.95. The first-order valence-corrected chi connectivity index (χ1v) is 5.95. The van der Waals surface area contributed by atoms with Gasteiger partial charge in [0, 0.05) is 24.4 Å². The molecule has 0 spiro atoms. The summed E-state index contributed by atoms with van der Waals surface area (Å²) in [6.45, 7) is 0. The van der Waals surface area contributed by atoms with Gasteiger partial charge in [0.15, 0.2) is 0 Å². The third kappa shape index (κ3) is 1.52. The number of rotatable bonds is 0. The van der Waals surface area contributed by atoms with Crippen molar-refractivity contribution in [2.24, 2.45) is 0 Å². The molecular formula is C9H3Br2NS. The van der Waals surface area contributed by atoms with Gasteiger partial charge in [0.1, 0.15) is 6.07 Å². The number of thiophene rings is 1. The Morgan fingerprint density at radius 2 is 2.00 bits per heavy atom. The second kappa shape index (κ2) is 3.41. The second-order valence-electron chi connectivity index (χ2n) is 2.52. The maximum atomic E-state index is 8.80. The summed E-state index contributed by atoms with van der Waals surface area (Å²) in [6.07, 6.45) is 0. The highest BCUT2D eigenvalue weighted by atomic mass is 79.9. The Balaban J connectivity index is 2.85. The van der Waals surface area contributed by atoms with Crippen molar-refractivity contribution in [3.05, 3.63) is 32.0 Å². The van der Waals surface area contributed by atoms with Crippen LogP contribution >= 0.6 is 43.2 Å². The van der Waals surface area contributed by atoms with Crippen LogP contribution in [0.25, 0.3) is 10.1 Å². The van der Waals surface area contributed by atoms with Gasteiger partial charge < -0.3 is 0 Å². The van der Waals surface area contributed by atoms with E-state index in [1.165, 1.54) is 0 Å². The summed E-state index contributed by atoms with van der Waals surface area (Å²) in [7, 11) is 0. The summed E-state index contributed by atoms with van der Waals surface area (Å²) in [5, 5.41) is 12.0. The minimum atomic E-state index is 0.682. The number of hydrogen-bond acceptors (Lipinski definition) is 2. The van der Waals surface area contributed by atoms with Gasteiger partial charge in [0.05, 0.1) is 5.56 Å². The Kier molecular flexibility index (Phi) is 2.41. The Hall–Kier alpha value is -0.370. The highest BCUT2D eigenvalue weighted by molar-refractivity contribution is 9.11. The topological polar surface area (TPSA) is 23.8 Å². The zero-order valence-electron chi connectivity index (χ0n) is 6.34. The van der Waals surface area contributed by atoms with E-state index in [-0.39, 0.29) is 0 Å². The molecule has 1 aromatic carbocycles. The molecule has 1 aromatic heterocycles. The molecule has 0 amide bonds. The summed E-state index contributed by atoms with van der Waals surface area (Å²) >= 11 is 8.45. The van der Waals surface area contributed by atoms with E-state index in [4.69, 9.17) is 5.26 Å². The predicted octanol–water partition coefficient (Wildman–Crippen LogP) is 4.30. The zero-order valence-corrected chi connectivity index (χ0v) is 10.3. The van der Waals surface area contributed by atoms with E-state index >= 15 is 0 Å². The van der Waals surface area contributed by atoms with Gasteiger partial charge >= 0.3 is 0 Å². The fourth-order valence-corrected chi connectivity index (χ4v) is 3.11. The number of benzene rings is 1. The van der Waals surface area contributed by atoms with Gasteiger partial charge in [-0.1, -0.05) is 0 Å². The van der Waals surface area contributed by atoms with Crippen LogP contribution in [0.15, 0.2) is 26.5 Å². The van der Waals surface area contributed by atoms with Gasteiger partial charge in [-0.25, -0.2) is 0 Å². The van der Waals surface area contributed by atoms with Crippen LogP contribution in [0.2, 0.25) is 0 Å². The van der Waals surface area contributed by atoms with Gasteiger partial charge in [0.25, 0.3) is 0 Å². The molecule has 2 aromatic rings. The van der Waals surface area contributed by atoms with Crippen LogP contribution in [0.5, 0.6) is 0 Å². The average molecular weight is 317 g/mol. The van der Waals surface area contributed by atoms with Gasteiger partial charge in [-0.3, -0.25) is 0 Å². The maximum Gasteiger partial charge on any atom is 0.100 e. The van der Waals surface area contributed by atoms with Crippen LogP contribution < -0.4 is 0 Å². The van der Waals surface area contributed by atoms with E-state index in [2.05, 4.69) is 37.9 Å². The molecule has 0 atom stereocenters. The molecule has 0 saturated carbocycles. The highest BCUT2D eigenvalue weighted by Crippen LogP contribution is 2.33. The first-order chi connectivity index (χ1) is 6.22. The normalized spacial score (nSPS) is 10.2. The lowest BCUT2D eigenvalue weighted by molar-refractivity contribution is 1.48. The third-order valence-electron chi connectivity index (χ3n) is 1.74. The first-order valence-electron chi connectivity index (χ1n) is 3.48. The van der Waals surface area contributed by atoms with E-state index in [1.807, 2.05) is 17.5 Å². The van der Waals surface area contributed by atoms with E-state index in [0.717, 1.165) is 19.0 Å². The van der Waals surface area contributed by atoms with Crippen molar-refractivity contribution in [1.29, 1.82) is 5.26 Å². The van der Waals surface area contributed by atoms with E-state index in [9.17, 15) is 0 Å². The SMILES string of the molecule is N#Cc1cc2scc(Br)c2cc1Br. The molecule has 2 rings (SSSR count). The van der Waals surface area contributed by atoms with Crippen molar-refractivity contribution in [1.82, 2.24) is 0 Å². The van der Waals surface area contributed by atoms with E-state index < -0.39 is 0 Å². The van der Waals surface area contributed by atoms with Gasteiger partial charge in [-0.15, -0.1) is 11.3 Å². The average Bonchev–Trinajstić information content (AvgIpc) is 2.47. The summed E-state index contributed by atoms with van der Waals surface area (Å²) in [5.74, 6) is 0. The van der Waals surface area contributed by atoms with E-state index in [0.29, 0.717) is 5.56 Å². The number of hydrogen-bond donors (Lipinski definition) is 0. The van der Waals surface area contributed by atoms with Gasteiger partial charge in [0.2, 0.25) is 0 Å². The summed E-state index contributed by atoms with van der Waals surface area (Å²) in [6, 6.07) is 6.01. The maximum absolute atomic E-state index is 8.80. The predicted molar refractivity (Wildman–Crippen MR) is 61.9 cm³/mol. The van der Waals surface area contributed by atoms with Crippen LogP contribution in [0.4, 0.5) is 0 Å². The number of nitriles is 1. The lowest BCUT2D eigenvalue weighted by Crippen LogP contribution is -1.75. The van der Waals surface area contributed by atoms with Crippen molar-refractivity contribution < 1.29 is 0 Å². The Bertz CT molecular complexity index is 510. The van der Waals surface area contributed by atoms with Crippen molar-refractivity contribution in [2.75, 3.05) is 0 Å². The Morgan fingerprint density at radius 3 is 2.69 bits per heavy atom. The molecule has 0 aliphatic heterocycles. The van der Waals surface area contributed by atoms with Crippen molar-refractivity contribution in [3.63, 3.8) is 0 Å². The lowest BCUT2D eigenvalue weighted by atomic mass is 10.2. The van der Waals surface area contributed by atoms with Crippen molar-refractivity contribution in [2.45, 2.75) is 0 Å². The summed E-state index contributed by atoms with van der Waals surface area (Å²) in [5.41, 5.74) is 0.682. The molecule has 0 saturated heterocycles. The van der Waals surface area contributed by atoms with Gasteiger partial charge in [-0.05, 0) is 44.0 Å². The molecule has 1 heterocycles. The number of nitrogens with zero attached hydrogens (tertiary/aromatic N) is 1. The summed E-state index contributed by atoms with van der Waals surface area (Å²) < 4.78 is 3.06. The molecule has 0 N–H and O–H groups in total. The van der Waals surface area contributed by atoms with Gasteiger partial charge in [-0.2, -0.15) is 5.26 Å². The molecule has 64 valence electrons. The van der Waals surface area contributed by atoms with Crippen molar-refractivity contribution in [3.8, 4) is 6.07 Å². The smallest absolute Gasteiger partial charge is 0.100 e. The number of fused-ring (bicyclic) bond motifs is 1. The van der Waals surface area contributed by atoms with Crippen LogP contribution in [-0.2, 0) is 0 Å². The molecule has 1 nitrogen and oxygen atoms in total. The number of halogens is 2. The molecule has 0 bridgehead atoms. The second-order valence-corrected chi connectivity index (χ2v) is 5.14. The van der Waals surface area contributed by atoms with E-state index in [1.54, 1.807) is 11.3 Å². The largest absolute Gasteiger partial charge is 0.192 e. The summed E-state index contributed by atoms with van der Waals surface area (Å²) in [4.78, 5) is 0. The highest BCUT2D eigenvalue weighted by Gasteiger charge is 2.05. The molecule has 0 aliphatic rings. The fourth-order valence-electron chi connectivity index (χ4n) is 1.10. The molecule has 4 heteroatoms. The minimum Gasteiger partial charge on any atom is -0.192 e. The first kappa shape index (κ1) is 9.20. The van der Waals surface area contributed by atoms with Crippen LogP contribution in [0.1, 0.15) is 5.56 Å². The molecule has 0 aliphatic carbocycles. The zero-order chi connectivity index (χ0) is 9.42. The molecule has 0 radical (unpaired) electrons. The van der Waals surface area contributed by atoms with Crippen molar-refractivity contribution >= 4 is 53.3 Å². The molecule has 0 unspecified atom stereocenters. The molecular weight excluding hydrogens is 314 g/mol. The Labute approximate surface area is 96.2 Å². The van der Waals surface area contributed by atoms with Crippen LogP contribution in [0, 0.1) is 11.3 Å². The standard InChI is InChI=1S/C9H3Br2NS/c10-7-2-6-8(11)4-13-9(6)1-5(7)3-12/h1-2,4H. The fraction of sp³-hybridized carbons (Fsp3) is 0. The van der Waals surface area contributed by atoms with Crippen LogP contribution in [-0.4, -0.2) is 0 Å². The monoisotopic (exact) mass is 315 g/mol. The molecule has 0 fully saturated rings. The third-order valence-corrected chi connectivity index (χ3v) is 4.30. The van der Waals surface area contributed by atoms with Crippen LogP contribution in [0.3, 0.4) is 0 Å². The molecule has 13 heavy (non-hydrogen) atoms. The Morgan fingerprint density at radius 1 is 1.23 bits per heavy atom.